The van der Waals surface area contributed by atoms with Crippen LogP contribution < -0.4 is 4.74 Å². The summed E-state index contributed by atoms with van der Waals surface area (Å²) in [7, 11) is 1.29. The number of rotatable bonds is 4. The first kappa shape index (κ1) is 12.0. The fourth-order valence-corrected chi connectivity index (χ4v) is 1.04. The smallest absolute Gasteiger partial charge is 0.344 e. The van der Waals surface area contributed by atoms with E-state index in [0.29, 0.717) is 11.3 Å². The van der Waals surface area contributed by atoms with Gasteiger partial charge in [0.1, 0.15) is 5.75 Å². The Morgan fingerprint density at radius 2 is 1.81 bits per heavy atom. The minimum atomic E-state index is -1.04. The molecule has 86 valence electrons. The normalized spacial score (nSPS) is 11.6. The van der Waals surface area contributed by atoms with Gasteiger partial charge in [0.25, 0.3) is 0 Å². The Hall–Kier alpha value is -2.04. The third-order valence-electron chi connectivity index (χ3n) is 1.94. The van der Waals surface area contributed by atoms with E-state index in [4.69, 9.17) is 9.84 Å². The Bertz CT molecular complexity index is 382. The Labute approximate surface area is 92.6 Å². The maximum Gasteiger partial charge on any atom is 0.344 e. The SMILES string of the molecule is COC(=O)c1ccc(O[C@@H](C)C(=O)O)cc1. The Kier molecular flexibility index (Phi) is 3.88. The van der Waals surface area contributed by atoms with Gasteiger partial charge in [-0.2, -0.15) is 0 Å². The molecule has 1 atom stereocenters. The van der Waals surface area contributed by atoms with Gasteiger partial charge in [-0.15, -0.1) is 0 Å². The zero-order valence-corrected chi connectivity index (χ0v) is 8.97. The van der Waals surface area contributed by atoms with Crippen LogP contribution in [0.25, 0.3) is 0 Å². The number of methoxy groups -OCH3 is 1. The average molecular weight is 224 g/mol. The van der Waals surface area contributed by atoms with Crippen molar-refractivity contribution in [3.05, 3.63) is 29.8 Å². The molecule has 16 heavy (non-hydrogen) atoms. The molecule has 0 spiro atoms. The molecule has 0 saturated carbocycles. The van der Waals surface area contributed by atoms with Crippen molar-refractivity contribution in [2.45, 2.75) is 13.0 Å². The van der Waals surface area contributed by atoms with Crippen LogP contribution in [0.5, 0.6) is 5.75 Å². The number of carboxylic acid groups (broad SMARTS) is 1. The summed E-state index contributed by atoms with van der Waals surface area (Å²) >= 11 is 0. The lowest BCUT2D eigenvalue weighted by atomic mass is 10.2. The first-order valence-corrected chi connectivity index (χ1v) is 4.62. The highest BCUT2D eigenvalue weighted by molar-refractivity contribution is 5.89. The van der Waals surface area contributed by atoms with E-state index in [1.165, 1.54) is 38.3 Å². The van der Waals surface area contributed by atoms with E-state index in [-0.39, 0.29) is 0 Å². The van der Waals surface area contributed by atoms with Crippen LogP contribution in [0.4, 0.5) is 0 Å². The number of ether oxygens (including phenoxy) is 2. The quantitative estimate of drug-likeness (QED) is 0.781. The van der Waals surface area contributed by atoms with Crippen LogP contribution in [0, 0.1) is 0 Å². The molecule has 0 aliphatic rings. The lowest BCUT2D eigenvalue weighted by Crippen LogP contribution is -2.22. The molecule has 0 radical (unpaired) electrons. The summed E-state index contributed by atoms with van der Waals surface area (Å²) in [6.07, 6.45) is -0.927. The Morgan fingerprint density at radius 3 is 2.25 bits per heavy atom. The maximum absolute atomic E-state index is 11.1. The number of esters is 1. The third kappa shape index (κ3) is 2.98. The molecule has 0 aliphatic carbocycles. The number of hydrogen-bond donors (Lipinski definition) is 1. The van der Waals surface area contributed by atoms with Gasteiger partial charge in [-0.3, -0.25) is 0 Å². The molecule has 5 nitrogen and oxygen atoms in total. The summed E-state index contributed by atoms with van der Waals surface area (Å²) in [6, 6.07) is 6.06. The average Bonchev–Trinajstić information content (AvgIpc) is 2.28. The van der Waals surface area contributed by atoms with E-state index in [0.717, 1.165) is 0 Å². The fraction of sp³-hybridized carbons (Fsp3) is 0.273. The summed E-state index contributed by atoms with van der Waals surface area (Å²) < 4.78 is 9.61. The Morgan fingerprint density at radius 1 is 1.25 bits per heavy atom. The topological polar surface area (TPSA) is 72.8 Å². The lowest BCUT2D eigenvalue weighted by molar-refractivity contribution is -0.144. The van der Waals surface area contributed by atoms with Crippen molar-refractivity contribution in [2.24, 2.45) is 0 Å². The molecular formula is C11H12O5. The maximum atomic E-state index is 11.1. The second kappa shape index (κ2) is 5.16. The van der Waals surface area contributed by atoms with E-state index in [9.17, 15) is 9.59 Å². The van der Waals surface area contributed by atoms with Crippen molar-refractivity contribution in [2.75, 3.05) is 7.11 Å². The zero-order chi connectivity index (χ0) is 12.1. The third-order valence-corrected chi connectivity index (χ3v) is 1.94. The van der Waals surface area contributed by atoms with Gasteiger partial charge in [-0.05, 0) is 31.2 Å². The molecule has 0 heterocycles. The molecule has 1 rings (SSSR count). The van der Waals surface area contributed by atoms with Crippen molar-refractivity contribution < 1.29 is 24.2 Å². The van der Waals surface area contributed by atoms with Gasteiger partial charge < -0.3 is 14.6 Å². The van der Waals surface area contributed by atoms with E-state index >= 15 is 0 Å². The number of carboxylic acids is 1. The van der Waals surface area contributed by atoms with Crippen LogP contribution in [0.1, 0.15) is 17.3 Å². The fourth-order valence-electron chi connectivity index (χ4n) is 1.04. The van der Waals surface area contributed by atoms with Gasteiger partial charge >= 0.3 is 11.9 Å². The van der Waals surface area contributed by atoms with E-state index in [1.54, 1.807) is 0 Å². The van der Waals surface area contributed by atoms with Gasteiger partial charge in [-0.1, -0.05) is 0 Å². The summed E-state index contributed by atoms with van der Waals surface area (Å²) in [5.74, 6) is -1.10. The molecule has 0 unspecified atom stereocenters. The first-order valence-electron chi connectivity index (χ1n) is 4.62. The number of carbonyl (C=O) groups excluding carboxylic acids is 1. The second-order valence-electron chi connectivity index (χ2n) is 3.11. The van der Waals surface area contributed by atoms with Gasteiger partial charge in [0.05, 0.1) is 12.7 Å². The molecule has 0 bridgehead atoms. The van der Waals surface area contributed by atoms with Gasteiger partial charge in [0.15, 0.2) is 6.10 Å². The molecule has 0 aromatic heterocycles. The van der Waals surface area contributed by atoms with Crippen molar-refractivity contribution >= 4 is 11.9 Å². The second-order valence-corrected chi connectivity index (χ2v) is 3.11. The monoisotopic (exact) mass is 224 g/mol. The van der Waals surface area contributed by atoms with Crippen LogP contribution in [-0.2, 0) is 9.53 Å². The summed E-state index contributed by atoms with van der Waals surface area (Å²) in [4.78, 5) is 21.6. The minimum Gasteiger partial charge on any atom is -0.479 e. The van der Waals surface area contributed by atoms with Crippen LogP contribution in [-0.4, -0.2) is 30.3 Å². The molecule has 0 fully saturated rings. The molecule has 0 saturated heterocycles. The lowest BCUT2D eigenvalue weighted by Gasteiger charge is -2.10. The number of benzene rings is 1. The van der Waals surface area contributed by atoms with Crippen LogP contribution >= 0.6 is 0 Å². The highest BCUT2D eigenvalue weighted by atomic mass is 16.5. The predicted molar refractivity (Wildman–Crippen MR) is 55.5 cm³/mol. The summed E-state index contributed by atoms with van der Waals surface area (Å²) in [5, 5.41) is 8.63. The highest BCUT2D eigenvalue weighted by Crippen LogP contribution is 2.14. The highest BCUT2D eigenvalue weighted by Gasteiger charge is 2.12. The molecule has 1 aromatic carbocycles. The van der Waals surface area contributed by atoms with Crippen LogP contribution in [0.15, 0.2) is 24.3 Å². The van der Waals surface area contributed by atoms with Crippen molar-refractivity contribution in [1.82, 2.24) is 0 Å². The number of carbonyl (C=O) groups is 2. The van der Waals surface area contributed by atoms with Crippen molar-refractivity contribution in [3.63, 3.8) is 0 Å². The number of hydrogen-bond acceptors (Lipinski definition) is 4. The molecule has 5 heteroatoms. The molecule has 0 aliphatic heterocycles. The van der Waals surface area contributed by atoms with Crippen LogP contribution in [0.2, 0.25) is 0 Å². The molecule has 1 aromatic rings. The predicted octanol–water partition coefficient (Wildman–Crippen LogP) is 1.33. The van der Waals surface area contributed by atoms with Crippen molar-refractivity contribution in [3.8, 4) is 5.75 Å². The van der Waals surface area contributed by atoms with Gasteiger partial charge in [0, 0.05) is 0 Å². The number of aliphatic carboxylic acids is 1. The first-order chi connectivity index (χ1) is 7.54. The Balaban J connectivity index is 2.72. The zero-order valence-electron chi connectivity index (χ0n) is 8.97. The van der Waals surface area contributed by atoms with E-state index < -0.39 is 18.0 Å². The minimum absolute atomic E-state index is 0.387. The van der Waals surface area contributed by atoms with E-state index in [2.05, 4.69) is 4.74 Å². The summed E-state index contributed by atoms with van der Waals surface area (Å²) in [6.45, 7) is 1.43. The molecular weight excluding hydrogens is 212 g/mol. The van der Waals surface area contributed by atoms with E-state index in [1.807, 2.05) is 0 Å². The van der Waals surface area contributed by atoms with Gasteiger partial charge in [0.2, 0.25) is 0 Å². The molecule has 1 N–H and O–H groups in total. The largest absolute Gasteiger partial charge is 0.479 e. The summed E-state index contributed by atoms with van der Waals surface area (Å²) in [5.41, 5.74) is 0.387. The molecule has 0 amide bonds. The standard InChI is InChI=1S/C11H12O5/c1-7(10(12)13)16-9-5-3-8(4-6-9)11(14)15-2/h3-7H,1-2H3,(H,12,13)/t7-/m0/s1. The van der Waals surface area contributed by atoms with Crippen molar-refractivity contribution in [1.29, 1.82) is 0 Å². The van der Waals surface area contributed by atoms with Gasteiger partial charge in [-0.25, -0.2) is 9.59 Å². The van der Waals surface area contributed by atoms with Crippen LogP contribution in [0.3, 0.4) is 0 Å².